The van der Waals surface area contributed by atoms with Crippen LogP contribution in [0.15, 0.2) is 0 Å². The molecule has 0 aromatic heterocycles. The summed E-state index contributed by atoms with van der Waals surface area (Å²) in [7, 11) is 0. The van der Waals surface area contributed by atoms with Gasteiger partial charge < -0.3 is 0 Å². The standard InChI is InChI=1S/C6H11ClOS/c1-2-3-4-5-9-6(7)8/h2-5H2,1H3. The zero-order chi connectivity index (χ0) is 7.11. The monoisotopic (exact) mass is 166 g/mol. The van der Waals surface area contributed by atoms with E-state index in [-0.39, 0.29) is 4.57 Å². The SMILES string of the molecule is CCCCCSC(=O)Cl. The molecular formula is C6H11ClOS. The Kier molecular flexibility index (Phi) is 6.65. The van der Waals surface area contributed by atoms with Gasteiger partial charge in [0.1, 0.15) is 0 Å². The van der Waals surface area contributed by atoms with Crippen molar-refractivity contribution < 1.29 is 4.79 Å². The molecule has 0 rings (SSSR count). The number of hydrogen-bond acceptors (Lipinski definition) is 2. The number of unbranched alkanes of at least 4 members (excludes halogenated alkanes) is 2. The lowest BCUT2D eigenvalue weighted by Gasteiger charge is -1.92. The molecule has 0 saturated heterocycles. The van der Waals surface area contributed by atoms with Crippen LogP contribution in [0.3, 0.4) is 0 Å². The molecule has 0 saturated carbocycles. The molecular weight excluding hydrogens is 156 g/mol. The summed E-state index contributed by atoms with van der Waals surface area (Å²) in [5.41, 5.74) is 0. The van der Waals surface area contributed by atoms with E-state index in [0.717, 1.165) is 12.2 Å². The lowest BCUT2D eigenvalue weighted by atomic mass is 10.3. The third kappa shape index (κ3) is 8.31. The molecule has 0 spiro atoms. The van der Waals surface area contributed by atoms with E-state index in [1.807, 2.05) is 0 Å². The Labute approximate surface area is 65.2 Å². The highest BCUT2D eigenvalue weighted by Gasteiger charge is 1.93. The summed E-state index contributed by atoms with van der Waals surface area (Å²) in [6.07, 6.45) is 3.48. The van der Waals surface area contributed by atoms with Gasteiger partial charge in [0.2, 0.25) is 0 Å². The minimum atomic E-state index is -0.286. The van der Waals surface area contributed by atoms with Crippen LogP contribution in [0.4, 0.5) is 4.79 Å². The average molecular weight is 167 g/mol. The third-order valence-electron chi connectivity index (χ3n) is 0.963. The molecule has 3 heteroatoms. The predicted octanol–water partition coefficient (Wildman–Crippen LogP) is 3.27. The van der Waals surface area contributed by atoms with Gasteiger partial charge >= 0.3 is 0 Å². The van der Waals surface area contributed by atoms with E-state index in [1.165, 1.54) is 24.6 Å². The summed E-state index contributed by atoms with van der Waals surface area (Å²) in [5, 5.41) is 0. The van der Waals surface area contributed by atoms with E-state index in [2.05, 4.69) is 6.92 Å². The Morgan fingerprint density at radius 1 is 1.56 bits per heavy atom. The molecule has 0 N–H and O–H groups in total. The Hall–Kier alpha value is 0.310. The van der Waals surface area contributed by atoms with Crippen molar-refractivity contribution in [2.24, 2.45) is 0 Å². The number of rotatable bonds is 4. The van der Waals surface area contributed by atoms with E-state index in [4.69, 9.17) is 11.6 Å². The lowest BCUT2D eigenvalue weighted by Crippen LogP contribution is -1.81. The molecule has 0 aromatic carbocycles. The maximum absolute atomic E-state index is 10.1. The van der Waals surface area contributed by atoms with E-state index in [0.29, 0.717) is 0 Å². The molecule has 0 aliphatic heterocycles. The van der Waals surface area contributed by atoms with Crippen molar-refractivity contribution in [3.05, 3.63) is 0 Å². The van der Waals surface area contributed by atoms with Gasteiger partial charge in [-0.15, -0.1) is 0 Å². The fourth-order valence-electron chi connectivity index (χ4n) is 0.504. The van der Waals surface area contributed by atoms with Crippen molar-refractivity contribution in [1.29, 1.82) is 0 Å². The summed E-state index contributed by atoms with van der Waals surface area (Å²) in [5.74, 6) is 0.871. The van der Waals surface area contributed by atoms with E-state index in [1.54, 1.807) is 0 Å². The predicted molar refractivity (Wildman–Crippen MR) is 43.2 cm³/mol. The molecule has 0 aliphatic rings. The normalized spacial score (nSPS) is 9.56. The molecule has 0 radical (unpaired) electrons. The van der Waals surface area contributed by atoms with Crippen molar-refractivity contribution in [3.8, 4) is 0 Å². The van der Waals surface area contributed by atoms with Gasteiger partial charge in [0.05, 0.1) is 0 Å². The lowest BCUT2D eigenvalue weighted by molar-refractivity contribution is 0.276. The fraction of sp³-hybridized carbons (Fsp3) is 0.833. The number of halogens is 1. The Balaban J connectivity index is 2.83. The quantitative estimate of drug-likeness (QED) is 0.471. The first kappa shape index (κ1) is 9.31. The number of carbonyl (C=O) groups excluding carboxylic acids is 1. The van der Waals surface area contributed by atoms with Crippen LogP contribution in [0.5, 0.6) is 0 Å². The topological polar surface area (TPSA) is 17.1 Å². The molecule has 54 valence electrons. The summed E-state index contributed by atoms with van der Waals surface area (Å²) < 4.78 is -0.286. The Bertz CT molecular complexity index is 85.1. The second kappa shape index (κ2) is 6.43. The van der Waals surface area contributed by atoms with Crippen LogP contribution in [0.1, 0.15) is 26.2 Å². The van der Waals surface area contributed by atoms with Gasteiger partial charge in [-0.2, -0.15) is 0 Å². The summed E-state index contributed by atoms with van der Waals surface area (Å²) in [6, 6.07) is 0. The summed E-state index contributed by atoms with van der Waals surface area (Å²) >= 11 is 6.28. The molecule has 1 nitrogen and oxygen atoms in total. The minimum absolute atomic E-state index is 0.286. The van der Waals surface area contributed by atoms with E-state index >= 15 is 0 Å². The van der Waals surface area contributed by atoms with Crippen LogP contribution in [-0.4, -0.2) is 10.3 Å². The van der Waals surface area contributed by atoms with Gasteiger partial charge in [0.25, 0.3) is 4.57 Å². The molecule has 9 heavy (non-hydrogen) atoms. The zero-order valence-corrected chi connectivity index (χ0v) is 7.10. The molecule has 0 bridgehead atoms. The molecule has 0 fully saturated rings. The van der Waals surface area contributed by atoms with Gasteiger partial charge in [0.15, 0.2) is 0 Å². The van der Waals surface area contributed by atoms with Crippen LogP contribution in [0.2, 0.25) is 0 Å². The van der Waals surface area contributed by atoms with Crippen molar-refractivity contribution >= 4 is 27.9 Å². The maximum Gasteiger partial charge on any atom is 0.279 e. The van der Waals surface area contributed by atoms with E-state index in [9.17, 15) is 4.79 Å². The highest BCUT2D eigenvalue weighted by atomic mass is 35.5. The second-order valence-electron chi connectivity index (χ2n) is 1.79. The van der Waals surface area contributed by atoms with Crippen LogP contribution >= 0.6 is 23.4 Å². The zero-order valence-electron chi connectivity index (χ0n) is 5.52. The summed E-state index contributed by atoms with van der Waals surface area (Å²) in [6.45, 7) is 2.13. The number of hydrogen-bond donors (Lipinski definition) is 0. The Morgan fingerprint density at radius 3 is 2.67 bits per heavy atom. The Morgan fingerprint density at radius 2 is 2.22 bits per heavy atom. The highest BCUT2D eigenvalue weighted by Crippen LogP contribution is 2.10. The second-order valence-corrected chi connectivity index (χ2v) is 3.43. The van der Waals surface area contributed by atoms with Gasteiger partial charge in [0, 0.05) is 5.75 Å². The molecule has 0 unspecified atom stereocenters. The van der Waals surface area contributed by atoms with Crippen molar-refractivity contribution in [2.45, 2.75) is 26.2 Å². The van der Waals surface area contributed by atoms with E-state index < -0.39 is 0 Å². The number of carbonyl (C=O) groups is 1. The highest BCUT2D eigenvalue weighted by molar-refractivity contribution is 8.16. The van der Waals surface area contributed by atoms with Gasteiger partial charge in [-0.05, 0) is 18.0 Å². The average Bonchev–Trinajstić information content (AvgIpc) is 1.80. The van der Waals surface area contributed by atoms with Crippen LogP contribution in [0, 0.1) is 0 Å². The molecule has 0 atom stereocenters. The fourth-order valence-corrected chi connectivity index (χ4v) is 1.24. The first-order valence-corrected chi connectivity index (χ1v) is 4.46. The third-order valence-corrected chi connectivity index (χ3v) is 2.01. The van der Waals surface area contributed by atoms with Crippen molar-refractivity contribution in [3.63, 3.8) is 0 Å². The van der Waals surface area contributed by atoms with Gasteiger partial charge in [-0.1, -0.05) is 31.5 Å². The molecule has 0 amide bonds. The molecule has 0 heterocycles. The van der Waals surface area contributed by atoms with Gasteiger partial charge in [-0.25, -0.2) is 0 Å². The van der Waals surface area contributed by atoms with Crippen LogP contribution in [-0.2, 0) is 0 Å². The summed E-state index contributed by atoms with van der Waals surface area (Å²) in [4.78, 5) is 10.1. The first-order valence-electron chi connectivity index (χ1n) is 3.09. The maximum atomic E-state index is 10.1. The largest absolute Gasteiger partial charge is 0.279 e. The first-order chi connectivity index (χ1) is 4.27. The number of thioether (sulfide) groups is 1. The van der Waals surface area contributed by atoms with Crippen LogP contribution in [0.25, 0.3) is 0 Å². The molecule has 0 aromatic rings. The van der Waals surface area contributed by atoms with Crippen molar-refractivity contribution in [2.75, 3.05) is 5.75 Å². The van der Waals surface area contributed by atoms with Gasteiger partial charge in [-0.3, -0.25) is 4.79 Å². The smallest absolute Gasteiger partial charge is 0.268 e. The minimum Gasteiger partial charge on any atom is -0.268 e. The van der Waals surface area contributed by atoms with Crippen LogP contribution < -0.4 is 0 Å². The molecule has 0 aliphatic carbocycles. The van der Waals surface area contributed by atoms with Crippen molar-refractivity contribution in [1.82, 2.24) is 0 Å².